The average molecular weight is 505 g/mol. The highest BCUT2D eigenvalue weighted by molar-refractivity contribution is 14.0. The highest BCUT2D eigenvalue weighted by Gasteiger charge is 2.16. The van der Waals surface area contributed by atoms with E-state index in [-0.39, 0.29) is 24.0 Å². The lowest BCUT2D eigenvalue weighted by molar-refractivity contribution is -0.130. The molecule has 0 spiro atoms. The highest BCUT2D eigenvalue weighted by atomic mass is 127. The molecule has 1 saturated heterocycles. The number of hydrogen-bond acceptors (Lipinski definition) is 4. The van der Waals surface area contributed by atoms with E-state index in [1.165, 1.54) is 6.42 Å². The summed E-state index contributed by atoms with van der Waals surface area (Å²) in [6, 6.07) is 0. The Labute approximate surface area is 186 Å². The fourth-order valence-electron chi connectivity index (χ4n) is 3.37. The van der Waals surface area contributed by atoms with Crippen LogP contribution in [0.15, 0.2) is 9.52 Å². The van der Waals surface area contributed by atoms with Gasteiger partial charge in [0.2, 0.25) is 5.91 Å². The average Bonchev–Trinajstić information content (AvgIpc) is 2.97. The molecule has 8 heteroatoms. The van der Waals surface area contributed by atoms with Crippen molar-refractivity contribution in [3.63, 3.8) is 0 Å². The van der Waals surface area contributed by atoms with E-state index in [0.717, 1.165) is 81.3 Å². The van der Waals surface area contributed by atoms with Crippen molar-refractivity contribution in [3.8, 4) is 0 Å². The molecule has 1 aromatic rings. The number of aromatic nitrogens is 1. The number of amides is 1. The van der Waals surface area contributed by atoms with Gasteiger partial charge in [-0.15, -0.1) is 24.0 Å². The highest BCUT2D eigenvalue weighted by Crippen LogP contribution is 2.16. The number of guanidine groups is 1. The Morgan fingerprint density at radius 1 is 1.18 bits per heavy atom. The first-order chi connectivity index (χ1) is 13.2. The van der Waals surface area contributed by atoms with Gasteiger partial charge in [0.1, 0.15) is 5.76 Å². The van der Waals surface area contributed by atoms with Gasteiger partial charge >= 0.3 is 0 Å². The third-order valence-electron chi connectivity index (χ3n) is 4.92. The first kappa shape index (κ1) is 24.7. The molecule has 0 unspecified atom stereocenters. The maximum absolute atomic E-state index is 12.1. The number of nitrogens with zero attached hydrogens (tertiary/aromatic N) is 3. The quantitative estimate of drug-likeness (QED) is 0.233. The molecule has 7 nitrogen and oxygen atoms in total. The molecular formula is C20H36IN5O2. The van der Waals surface area contributed by atoms with E-state index in [2.05, 4.69) is 36.6 Å². The molecule has 1 aliphatic rings. The number of carbonyl (C=O) groups excluding carboxylic acids is 1. The maximum atomic E-state index is 12.1. The zero-order valence-electron chi connectivity index (χ0n) is 17.6. The van der Waals surface area contributed by atoms with Gasteiger partial charge in [-0.3, -0.25) is 4.79 Å². The lowest BCUT2D eigenvalue weighted by Crippen LogP contribution is -2.39. The van der Waals surface area contributed by atoms with Crippen LogP contribution in [0.1, 0.15) is 69.9 Å². The van der Waals surface area contributed by atoms with Crippen LogP contribution in [0.25, 0.3) is 0 Å². The molecule has 160 valence electrons. The summed E-state index contributed by atoms with van der Waals surface area (Å²) < 4.78 is 5.42. The monoisotopic (exact) mass is 505 g/mol. The van der Waals surface area contributed by atoms with Crippen molar-refractivity contribution in [2.24, 2.45) is 4.99 Å². The van der Waals surface area contributed by atoms with Gasteiger partial charge in [-0.25, -0.2) is 4.99 Å². The van der Waals surface area contributed by atoms with Crippen LogP contribution in [-0.2, 0) is 24.2 Å². The van der Waals surface area contributed by atoms with E-state index in [4.69, 9.17) is 9.52 Å². The summed E-state index contributed by atoms with van der Waals surface area (Å²) in [5.41, 5.74) is 2.10. The zero-order chi connectivity index (χ0) is 19.5. The number of rotatable bonds is 9. The van der Waals surface area contributed by atoms with Crippen LogP contribution in [0.5, 0.6) is 0 Å². The number of halogens is 1. The normalized spacial score (nSPS) is 15.2. The fourth-order valence-corrected chi connectivity index (χ4v) is 3.37. The Kier molecular flexibility index (Phi) is 12.2. The molecule has 1 amide bonds. The number of likely N-dealkylation sites (tertiary alicyclic amines) is 1. The Bertz CT molecular complexity index is 596. The first-order valence-corrected chi connectivity index (χ1v) is 10.5. The third kappa shape index (κ3) is 7.60. The van der Waals surface area contributed by atoms with Crippen molar-refractivity contribution in [2.75, 3.05) is 26.2 Å². The molecule has 0 aliphatic carbocycles. The summed E-state index contributed by atoms with van der Waals surface area (Å²) in [6.07, 6.45) is 6.63. The van der Waals surface area contributed by atoms with Crippen molar-refractivity contribution in [1.29, 1.82) is 0 Å². The molecule has 2 rings (SSSR count). The van der Waals surface area contributed by atoms with Gasteiger partial charge < -0.3 is 20.1 Å². The predicted molar refractivity (Wildman–Crippen MR) is 123 cm³/mol. The molecule has 0 radical (unpaired) electrons. The van der Waals surface area contributed by atoms with Gasteiger partial charge in [-0.2, -0.15) is 0 Å². The molecule has 1 aromatic heterocycles. The summed E-state index contributed by atoms with van der Waals surface area (Å²) in [5, 5.41) is 10.8. The van der Waals surface area contributed by atoms with E-state index in [1.807, 2.05) is 4.90 Å². The summed E-state index contributed by atoms with van der Waals surface area (Å²) in [6.45, 7) is 10.1. The van der Waals surface area contributed by atoms with Crippen molar-refractivity contribution in [2.45, 2.75) is 72.3 Å². The summed E-state index contributed by atoms with van der Waals surface area (Å²) in [4.78, 5) is 18.8. The van der Waals surface area contributed by atoms with Gasteiger partial charge in [0, 0.05) is 44.6 Å². The van der Waals surface area contributed by atoms with Crippen LogP contribution in [0.4, 0.5) is 0 Å². The molecule has 0 atom stereocenters. The minimum atomic E-state index is 0. The smallest absolute Gasteiger partial charge is 0.222 e. The first-order valence-electron chi connectivity index (χ1n) is 10.5. The van der Waals surface area contributed by atoms with Crippen molar-refractivity contribution < 1.29 is 9.32 Å². The van der Waals surface area contributed by atoms with Crippen LogP contribution < -0.4 is 10.6 Å². The molecule has 0 saturated carbocycles. The predicted octanol–water partition coefficient (Wildman–Crippen LogP) is 3.27. The van der Waals surface area contributed by atoms with Gasteiger partial charge in [-0.05, 0) is 32.6 Å². The maximum Gasteiger partial charge on any atom is 0.222 e. The Morgan fingerprint density at radius 2 is 2.00 bits per heavy atom. The van der Waals surface area contributed by atoms with Crippen molar-refractivity contribution in [3.05, 3.63) is 17.0 Å². The van der Waals surface area contributed by atoms with Crippen LogP contribution in [0.2, 0.25) is 0 Å². The molecule has 0 bridgehead atoms. The van der Waals surface area contributed by atoms with E-state index < -0.39 is 0 Å². The number of carbonyl (C=O) groups is 1. The summed E-state index contributed by atoms with van der Waals surface area (Å²) in [7, 11) is 0. The molecule has 2 N–H and O–H groups in total. The molecule has 2 heterocycles. The SMILES string of the molecule is CCNC(=NCc1c(CC)noc1CC)NCCCN1CCCCCC1=O.I. The molecule has 28 heavy (non-hydrogen) atoms. The number of aryl methyl sites for hydroxylation is 2. The Balaban J connectivity index is 0.00000392. The summed E-state index contributed by atoms with van der Waals surface area (Å²) >= 11 is 0. The van der Waals surface area contributed by atoms with E-state index in [0.29, 0.717) is 18.9 Å². The van der Waals surface area contributed by atoms with Gasteiger partial charge in [0.15, 0.2) is 5.96 Å². The number of nitrogens with one attached hydrogen (secondary N) is 2. The lowest BCUT2D eigenvalue weighted by atomic mass is 10.1. The van der Waals surface area contributed by atoms with Crippen LogP contribution >= 0.6 is 24.0 Å². The van der Waals surface area contributed by atoms with Gasteiger partial charge in [0.25, 0.3) is 0 Å². The minimum absolute atomic E-state index is 0. The largest absolute Gasteiger partial charge is 0.361 e. The second kappa shape index (κ2) is 13.8. The molecule has 1 fully saturated rings. The zero-order valence-corrected chi connectivity index (χ0v) is 19.9. The van der Waals surface area contributed by atoms with E-state index in [1.54, 1.807) is 0 Å². The topological polar surface area (TPSA) is 82.8 Å². The fraction of sp³-hybridized carbons (Fsp3) is 0.750. The number of aliphatic imine (C=N–C) groups is 1. The van der Waals surface area contributed by atoms with Crippen LogP contribution in [0, 0.1) is 0 Å². The lowest BCUT2D eigenvalue weighted by Gasteiger charge is -2.20. The van der Waals surface area contributed by atoms with Gasteiger partial charge in [-0.1, -0.05) is 25.4 Å². The molecular weight excluding hydrogens is 469 g/mol. The molecule has 1 aliphatic heterocycles. The van der Waals surface area contributed by atoms with Gasteiger partial charge in [0.05, 0.1) is 12.2 Å². The van der Waals surface area contributed by atoms with E-state index >= 15 is 0 Å². The Morgan fingerprint density at radius 3 is 2.71 bits per heavy atom. The standard InChI is InChI=1S/C20H35N5O2.HI/c1-4-17-16(18(5-2)27-24-17)15-23-20(21-6-3)22-12-10-14-25-13-9-7-8-11-19(25)26;/h4-15H2,1-3H3,(H2,21,22,23);1H. The second-order valence-electron chi connectivity index (χ2n) is 6.91. The van der Waals surface area contributed by atoms with E-state index in [9.17, 15) is 4.79 Å². The second-order valence-corrected chi connectivity index (χ2v) is 6.91. The van der Waals surface area contributed by atoms with Crippen molar-refractivity contribution >= 4 is 35.8 Å². The molecule has 0 aromatic carbocycles. The summed E-state index contributed by atoms with van der Waals surface area (Å²) in [5.74, 6) is 2.02. The number of hydrogen-bond donors (Lipinski definition) is 2. The van der Waals surface area contributed by atoms with Crippen molar-refractivity contribution in [1.82, 2.24) is 20.7 Å². The minimum Gasteiger partial charge on any atom is -0.361 e. The van der Waals surface area contributed by atoms with Crippen LogP contribution in [-0.4, -0.2) is 48.1 Å². The third-order valence-corrected chi connectivity index (χ3v) is 4.92. The Hall–Kier alpha value is -1.32. The van der Waals surface area contributed by atoms with Crippen LogP contribution in [0.3, 0.4) is 0 Å².